The van der Waals surface area contributed by atoms with Crippen LogP contribution in [0.5, 0.6) is 0 Å². The van der Waals surface area contributed by atoms with Crippen LogP contribution in [0.3, 0.4) is 0 Å². The minimum Gasteiger partial charge on any atom is -0.326 e. The summed E-state index contributed by atoms with van der Waals surface area (Å²) in [7, 11) is 2.17. The van der Waals surface area contributed by atoms with Crippen LogP contribution in [-0.2, 0) is 0 Å². The third-order valence-electron chi connectivity index (χ3n) is 2.82. The van der Waals surface area contributed by atoms with Gasteiger partial charge in [-0.3, -0.25) is 0 Å². The quantitative estimate of drug-likeness (QED) is 0.567. The Labute approximate surface area is 62.4 Å². The van der Waals surface area contributed by atoms with Gasteiger partial charge in [0.1, 0.15) is 0 Å². The van der Waals surface area contributed by atoms with Gasteiger partial charge in [0, 0.05) is 19.1 Å². The molecule has 2 heteroatoms. The van der Waals surface area contributed by atoms with E-state index in [-0.39, 0.29) is 0 Å². The summed E-state index contributed by atoms with van der Waals surface area (Å²) in [5.74, 6) is 1.81. The van der Waals surface area contributed by atoms with Crippen molar-refractivity contribution in [3.8, 4) is 0 Å². The van der Waals surface area contributed by atoms with Crippen LogP contribution >= 0.6 is 0 Å². The summed E-state index contributed by atoms with van der Waals surface area (Å²) in [4.78, 5) is 2.35. The summed E-state index contributed by atoms with van der Waals surface area (Å²) in [5, 5.41) is 0. The topological polar surface area (TPSA) is 29.3 Å². The first-order valence-corrected chi connectivity index (χ1v) is 4.21. The minimum atomic E-state index is 0.470. The standard InChI is InChI=1S/C8H16N2/c1-10-4-7(6-2-3-6)8(9)5-10/h6-8H,2-5,9H2,1H3. The van der Waals surface area contributed by atoms with Gasteiger partial charge in [-0.05, 0) is 31.7 Å². The Morgan fingerprint density at radius 1 is 1.30 bits per heavy atom. The Balaban J connectivity index is 1.95. The molecule has 2 atom stereocenters. The van der Waals surface area contributed by atoms with Gasteiger partial charge in [0.2, 0.25) is 0 Å². The predicted molar refractivity (Wildman–Crippen MR) is 41.7 cm³/mol. The molecule has 2 unspecified atom stereocenters. The van der Waals surface area contributed by atoms with Gasteiger partial charge in [0.25, 0.3) is 0 Å². The van der Waals surface area contributed by atoms with E-state index in [1.807, 2.05) is 0 Å². The van der Waals surface area contributed by atoms with Crippen molar-refractivity contribution in [2.45, 2.75) is 18.9 Å². The van der Waals surface area contributed by atoms with E-state index in [0.717, 1.165) is 18.4 Å². The second-order valence-corrected chi connectivity index (χ2v) is 3.89. The third kappa shape index (κ3) is 1.06. The van der Waals surface area contributed by atoms with E-state index in [2.05, 4.69) is 11.9 Å². The molecule has 2 fully saturated rings. The van der Waals surface area contributed by atoms with E-state index >= 15 is 0 Å². The number of nitrogens with zero attached hydrogens (tertiary/aromatic N) is 1. The van der Waals surface area contributed by atoms with Gasteiger partial charge in [-0.2, -0.15) is 0 Å². The highest BCUT2D eigenvalue weighted by molar-refractivity contribution is 4.94. The Morgan fingerprint density at radius 2 is 2.00 bits per heavy atom. The first-order valence-electron chi connectivity index (χ1n) is 4.21. The molecule has 0 bridgehead atoms. The fraction of sp³-hybridized carbons (Fsp3) is 1.00. The first kappa shape index (κ1) is 6.62. The molecule has 1 aliphatic heterocycles. The van der Waals surface area contributed by atoms with Crippen molar-refractivity contribution >= 4 is 0 Å². The summed E-state index contributed by atoms with van der Waals surface area (Å²) >= 11 is 0. The zero-order chi connectivity index (χ0) is 7.14. The fourth-order valence-electron chi connectivity index (χ4n) is 2.09. The van der Waals surface area contributed by atoms with Crippen LogP contribution in [0.1, 0.15) is 12.8 Å². The van der Waals surface area contributed by atoms with Gasteiger partial charge < -0.3 is 10.6 Å². The van der Waals surface area contributed by atoms with Crippen molar-refractivity contribution in [2.24, 2.45) is 17.6 Å². The van der Waals surface area contributed by atoms with Crippen molar-refractivity contribution in [1.82, 2.24) is 4.90 Å². The molecule has 1 aliphatic carbocycles. The highest BCUT2D eigenvalue weighted by Gasteiger charge is 2.39. The van der Waals surface area contributed by atoms with Crippen LogP contribution in [0.25, 0.3) is 0 Å². The Hall–Kier alpha value is -0.0800. The van der Waals surface area contributed by atoms with Crippen LogP contribution in [-0.4, -0.2) is 31.1 Å². The van der Waals surface area contributed by atoms with Crippen molar-refractivity contribution in [3.05, 3.63) is 0 Å². The Morgan fingerprint density at radius 3 is 2.40 bits per heavy atom. The number of nitrogens with two attached hydrogens (primary N) is 1. The second-order valence-electron chi connectivity index (χ2n) is 3.89. The smallest absolute Gasteiger partial charge is 0.0211 e. The third-order valence-corrected chi connectivity index (χ3v) is 2.82. The molecule has 0 radical (unpaired) electrons. The van der Waals surface area contributed by atoms with E-state index in [0.29, 0.717) is 6.04 Å². The van der Waals surface area contributed by atoms with Crippen LogP contribution in [0.4, 0.5) is 0 Å². The molecular formula is C8H16N2. The van der Waals surface area contributed by atoms with E-state index < -0.39 is 0 Å². The maximum absolute atomic E-state index is 5.97. The van der Waals surface area contributed by atoms with E-state index in [9.17, 15) is 0 Å². The summed E-state index contributed by atoms with van der Waals surface area (Å²) in [6.45, 7) is 2.35. The van der Waals surface area contributed by atoms with Gasteiger partial charge in [0.15, 0.2) is 0 Å². The molecule has 0 spiro atoms. The average Bonchev–Trinajstić information content (AvgIpc) is 2.61. The largest absolute Gasteiger partial charge is 0.326 e. The highest BCUT2D eigenvalue weighted by atomic mass is 15.1. The molecule has 1 saturated heterocycles. The molecule has 0 aromatic heterocycles. The van der Waals surface area contributed by atoms with Crippen molar-refractivity contribution < 1.29 is 0 Å². The molecular weight excluding hydrogens is 124 g/mol. The van der Waals surface area contributed by atoms with E-state index in [1.54, 1.807) is 0 Å². The lowest BCUT2D eigenvalue weighted by Crippen LogP contribution is -2.30. The molecule has 0 amide bonds. The summed E-state index contributed by atoms with van der Waals surface area (Å²) in [6, 6.07) is 0.470. The number of rotatable bonds is 1. The monoisotopic (exact) mass is 140 g/mol. The Bertz CT molecular complexity index is 131. The molecule has 2 N–H and O–H groups in total. The summed E-state index contributed by atoms with van der Waals surface area (Å²) in [5.41, 5.74) is 5.97. The SMILES string of the molecule is CN1CC(N)C(C2CC2)C1. The second kappa shape index (κ2) is 2.21. The van der Waals surface area contributed by atoms with Crippen LogP contribution in [0, 0.1) is 11.8 Å². The van der Waals surface area contributed by atoms with Gasteiger partial charge in [-0.1, -0.05) is 0 Å². The van der Waals surface area contributed by atoms with Crippen LogP contribution in [0.2, 0.25) is 0 Å². The molecule has 0 aromatic carbocycles. The fourth-order valence-corrected chi connectivity index (χ4v) is 2.09. The lowest BCUT2D eigenvalue weighted by molar-refractivity contribution is 0.380. The normalized spacial score (nSPS) is 42.6. The average molecular weight is 140 g/mol. The predicted octanol–water partition coefficient (Wildman–Crippen LogP) is 0.285. The maximum Gasteiger partial charge on any atom is 0.0211 e. The van der Waals surface area contributed by atoms with Crippen molar-refractivity contribution in [1.29, 1.82) is 0 Å². The minimum absolute atomic E-state index is 0.470. The molecule has 0 aromatic rings. The van der Waals surface area contributed by atoms with Gasteiger partial charge in [-0.25, -0.2) is 0 Å². The maximum atomic E-state index is 5.97. The van der Waals surface area contributed by atoms with Crippen molar-refractivity contribution in [2.75, 3.05) is 20.1 Å². The molecule has 1 saturated carbocycles. The van der Waals surface area contributed by atoms with E-state index in [4.69, 9.17) is 5.73 Å². The zero-order valence-corrected chi connectivity index (χ0v) is 6.59. The van der Waals surface area contributed by atoms with Crippen molar-refractivity contribution in [3.63, 3.8) is 0 Å². The molecule has 2 aliphatic rings. The summed E-state index contributed by atoms with van der Waals surface area (Å²) in [6.07, 6.45) is 2.87. The van der Waals surface area contributed by atoms with Gasteiger partial charge in [0.05, 0.1) is 0 Å². The van der Waals surface area contributed by atoms with Gasteiger partial charge >= 0.3 is 0 Å². The Kier molecular flexibility index (Phi) is 1.46. The van der Waals surface area contributed by atoms with Gasteiger partial charge in [-0.15, -0.1) is 0 Å². The number of likely N-dealkylation sites (tertiary alicyclic amines) is 1. The number of likely N-dealkylation sites (N-methyl/N-ethyl adjacent to an activating group) is 1. The molecule has 10 heavy (non-hydrogen) atoms. The summed E-state index contributed by atoms with van der Waals surface area (Å²) < 4.78 is 0. The highest BCUT2D eigenvalue weighted by Crippen LogP contribution is 2.40. The first-order chi connectivity index (χ1) is 4.77. The molecule has 1 heterocycles. The molecule has 58 valence electrons. The zero-order valence-electron chi connectivity index (χ0n) is 6.59. The lowest BCUT2D eigenvalue weighted by atomic mass is 9.99. The van der Waals surface area contributed by atoms with Crippen LogP contribution in [0.15, 0.2) is 0 Å². The number of hydrogen-bond acceptors (Lipinski definition) is 2. The lowest BCUT2D eigenvalue weighted by Gasteiger charge is -2.11. The molecule has 2 nitrogen and oxygen atoms in total. The van der Waals surface area contributed by atoms with Crippen LogP contribution < -0.4 is 5.73 Å². The van der Waals surface area contributed by atoms with E-state index in [1.165, 1.54) is 19.4 Å². The number of hydrogen-bond donors (Lipinski definition) is 1. The molecule has 2 rings (SSSR count).